The third-order valence-electron chi connectivity index (χ3n) is 1.86. The molecule has 0 amide bonds. The van der Waals surface area contributed by atoms with Crippen molar-refractivity contribution < 1.29 is 4.39 Å². The van der Waals surface area contributed by atoms with Gasteiger partial charge in [-0.3, -0.25) is 0 Å². The molecule has 0 aliphatic heterocycles. The van der Waals surface area contributed by atoms with E-state index in [1.807, 2.05) is 18.2 Å². The first-order chi connectivity index (χ1) is 5.74. The summed E-state index contributed by atoms with van der Waals surface area (Å²) in [5.74, 6) is -0.127. The molecule has 0 radical (unpaired) electrons. The van der Waals surface area contributed by atoms with Gasteiger partial charge in [0.05, 0.1) is 0 Å². The summed E-state index contributed by atoms with van der Waals surface area (Å²) in [5.41, 5.74) is 1.89. The van der Waals surface area contributed by atoms with Gasteiger partial charge in [-0.1, -0.05) is 18.2 Å². The summed E-state index contributed by atoms with van der Waals surface area (Å²) in [4.78, 5) is 0. The molecule has 0 fully saturated rings. The Labute approximate surface area is 72.7 Å². The minimum atomic E-state index is -0.127. The highest BCUT2D eigenvalue weighted by atomic mass is 19.1. The molecule has 0 nitrogen and oxygen atoms in total. The second kappa shape index (κ2) is 4.05. The van der Waals surface area contributed by atoms with E-state index in [2.05, 4.69) is 6.58 Å². The molecule has 64 valence electrons. The first-order valence-electron chi connectivity index (χ1n) is 4.10. The minimum Gasteiger partial charge on any atom is -0.207 e. The number of benzene rings is 1. The van der Waals surface area contributed by atoms with Crippen molar-refractivity contribution in [3.05, 3.63) is 47.8 Å². The largest absolute Gasteiger partial charge is 0.207 e. The maximum Gasteiger partial charge on any atom is 0.126 e. The van der Waals surface area contributed by atoms with Crippen molar-refractivity contribution in [3.8, 4) is 0 Å². The lowest BCUT2D eigenvalue weighted by Crippen LogP contribution is -1.87. The Morgan fingerprint density at radius 1 is 1.50 bits per heavy atom. The summed E-state index contributed by atoms with van der Waals surface area (Å²) < 4.78 is 12.8. The molecule has 1 aromatic carbocycles. The number of allylic oxidation sites excluding steroid dienone is 1. The van der Waals surface area contributed by atoms with Gasteiger partial charge in [-0.25, -0.2) is 4.39 Å². The lowest BCUT2D eigenvalue weighted by molar-refractivity contribution is 0.617. The molecule has 0 atom stereocenters. The molecule has 0 aliphatic rings. The second-order valence-corrected chi connectivity index (χ2v) is 2.91. The highest BCUT2D eigenvalue weighted by Gasteiger charge is 1.97. The van der Waals surface area contributed by atoms with Crippen LogP contribution in [0.5, 0.6) is 0 Å². The van der Waals surface area contributed by atoms with Crippen molar-refractivity contribution >= 4 is 0 Å². The maximum absolute atomic E-state index is 12.8. The Morgan fingerprint density at radius 3 is 2.83 bits per heavy atom. The van der Waals surface area contributed by atoms with Gasteiger partial charge in [-0.15, -0.1) is 6.58 Å². The zero-order valence-corrected chi connectivity index (χ0v) is 7.31. The van der Waals surface area contributed by atoms with Gasteiger partial charge in [0.25, 0.3) is 0 Å². The third kappa shape index (κ3) is 2.19. The van der Waals surface area contributed by atoms with E-state index in [1.165, 1.54) is 11.6 Å². The second-order valence-electron chi connectivity index (χ2n) is 2.91. The van der Waals surface area contributed by atoms with Crippen LogP contribution in [0.1, 0.15) is 17.5 Å². The quantitative estimate of drug-likeness (QED) is 0.601. The van der Waals surface area contributed by atoms with E-state index >= 15 is 0 Å². The number of rotatable bonds is 3. The molecule has 12 heavy (non-hydrogen) atoms. The molecule has 0 saturated carbocycles. The van der Waals surface area contributed by atoms with Gasteiger partial charge in [-0.05, 0) is 37.0 Å². The molecular formula is C11H13F. The summed E-state index contributed by atoms with van der Waals surface area (Å²) in [6.45, 7) is 5.43. The zero-order valence-electron chi connectivity index (χ0n) is 7.31. The number of halogens is 1. The van der Waals surface area contributed by atoms with E-state index in [9.17, 15) is 4.39 Å². The Bertz CT molecular complexity index is 276. The van der Waals surface area contributed by atoms with Gasteiger partial charge in [0, 0.05) is 0 Å². The van der Waals surface area contributed by atoms with Crippen molar-refractivity contribution in [3.63, 3.8) is 0 Å². The summed E-state index contributed by atoms with van der Waals surface area (Å²) >= 11 is 0. The van der Waals surface area contributed by atoms with Crippen molar-refractivity contribution in [2.75, 3.05) is 0 Å². The molecule has 0 aromatic heterocycles. The summed E-state index contributed by atoms with van der Waals surface area (Å²) in [6.07, 6.45) is 3.77. The van der Waals surface area contributed by atoms with Crippen molar-refractivity contribution in [1.82, 2.24) is 0 Å². The fraction of sp³-hybridized carbons (Fsp3) is 0.273. The van der Waals surface area contributed by atoms with E-state index < -0.39 is 0 Å². The Hall–Kier alpha value is -1.11. The molecule has 1 heteroatoms. The number of aryl methyl sites for hydroxylation is 2. The van der Waals surface area contributed by atoms with Gasteiger partial charge in [0.15, 0.2) is 0 Å². The Balaban J connectivity index is 2.75. The number of hydrogen-bond acceptors (Lipinski definition) is 0. The van der Waals surface area contributed by atoms with Crippen LogP contribution in [0.3, 0.4) is 0 Å². The van der Waals surface area contributed by atoms with Gasteiger partial charge in [0.2, 0.25) is 0 Å². The van der Waals surface area contributed by atoms with Crippen LogP contribution in [0.15, 0.2) is 30.9 Å². The normalized spacial score (nSPS) is 9.83. The van der Waals surface area contributed by atoms with Gasteiger partial charge < -0.3 is 0 Å². The van der Waals surface area contributed by atoms with E-state index in [1.54, 1.807) is 6.92 Å². The lowest BCUT2D eigenvalue weighted by Gasteiger charge is -2.00. The predicted molar refractivity (Wildman–Crippen MR) is 49.7 cm³/mol. The van der Waals surface area contributed by atoms with Crippen LogP contribution in [-0.2, 0) is 6.42 Å². The van der Waals surface area contributed by atoms with Crippen LogP contribution in [-0.4, -0.2) is 0 Å². The van der Waals surface area contributed by atoms with E-state index in [4.69, 9.17) is 0 Å². The Morgan fingerprint density at radius 2 is 2.25 bits per heavy atom. The van der Waals surface area contributed by atoms with E-state index in [0.29, 0.717) is 0 Å². The smallest absolute Gasteiger partial charge is 0.126 e. The van der Waals surface area contributed by atoms with E-state index in [0.717, 1.165) is 18.4 Å². The molecule has 1 aromatic rings. The molecule has 0 spiro atoms. The van der Waals surface area contributed by atoms with Crippen LogP contribution < -0.4 is 0 Å². The van der Waals surface area contributed by atoms with Crippen LogP contribution in [0.2, 0.25) is 0 Å². The van der Waals surface area contributed by atoms with Gasteiger partial charge >= 0.3 is 0 Å². The standard InChI is InChI=1S/C11H13F/c1-3-4-5-10-6-7-11(12)9(2)8-10/h3,6-8H,1,4-5H2,2H3. The average molecular weight is 164 g/mol. The predicted octanol–water partition coefficient (Wildman–Crippen LogP) is 3.25. The fourth-order valence-corrected chi connectivity index (χ4v) is 1.13. The van der Waals surface area contributed by atoms with Gasteiger partial charge in [-0.2, -0.15) is 0 Å². The molecule has 0 saturated heterocycles. The van der Waals surface area contributed by atoms with Crippen LogP contribution in [0.25, 0.3) is 0 Å². The molecule has 1 rings (SSSR count). The van der Waals surface area contributed by atoms with Crippen LogP contribution >= 0.6 is 0 Å². The number of hydrogen-bond donors (Lipinski definition) is 0. The molecule has 0 aliphatic carbocycles. The molecule has 0 unspecified atom stereocenters. The SMILES string of the molecule is C=CCCc1ccc(F)c(C)c1. The topological polar surface area (TPSA) is 0 Å². The lowest BCUT2D eigenvalue weighted by atomic mass is 10.1. The van der Waals surface area contributed by atoms with Crippen molar-refractivity contribution in [2.24, 2.45) is 0 Å². The molecule has 0 N–H and O–H groups in total. The summed E-state index contributed by atoms with van der Waals surface area (Å²) in [6, 6.07) is 5.23. The van der Waals surface area contributed by atoms with Crippen LogP contribution in [0.4, 0.5) is 4.39 Å². The minimum absolute atomic E-state index is 0.127. The summed E-state index contributed by atoms with van der Waals surface area (Å²) in [7, 11) is 0. The third-order valence-corrected chi connectivity index (χ3v) is 1.86. The molecular weight excluding hydrogens is 151 g/mol. The van der Waals surface area contributed by atoms with Crippen molar-refractivity contribution in [1.29, 1.82) is 0 Å². The molecule has 0 heterocycles. The monoisotopic (exact) mass is 164 g/mol. The van der Waals surface area contributed by atoms with E-state index in [-0.39, 0.29) is 5.82 Å². The zero-order chi connectivity index (χ0) is 8.97. The summed E-state index contributed by atoms with van der Waals surface area (Å²) in [5, 5.41) is 0. The Kier molecular flexibility index (Phi) is 3.03. The first kappa shape index (κ1) is 8.98. The maximum atomic E-state index is 12.8. The highest BCUT2D eigenvalue weighted by molar-refractivity contribution is 5.24. The molecule has 0 bridgehead atoms. The van der Waals surface area contributed by atoms with Gasteiger partial charge in [0.1, 0.15) is 5.82 Å². The fourth-order valence-electron chi connectivity index (χ4n) is 1.13. The van der Waals surface area contributed by atoms with Crippen molar-refractivity contribution in [2.45, 2.75) is 19.8 Å². The highest BCUT2D eigenvalue weighted by Crippen LogP contribution is 2.10. The van der Waals surface area contributed by atoms with Crippen LogP contribution in [0, 0.1) is 12.7 Å². The average Bonchev–Trinajstić information content (AvgIpc) is 2.07. The first-order valence-corrected chi connectivity index (χ1v) is 4.10.